The SMILES string of the molecule is C#CCN(CCC(=O)O)c1cccc(Br)c1. The van der Waals surface area contributed by atoms with Gasteiger partial charge in [-0.1, -0.05) is 27.9 Å². The fraction of sp³-hybridized carbons (Fsp3) is 0.250. The Labute approximate surface area is 103 Å². The van der Waals surface area contributed by atoms with Gasteiger partial charge in [0.15, 0.2) is 0 Å². The number of anilines is 1. The van der Waals surface area contributed by atoms with Gasteiger partial charge in [-0.3, -0.25) is 4.79 Å². The third kappa shape index (κ3) is 3.95. The Balaban J connectivity index is 2.77. The molecule has 0 fully saturated rings. The van der Waals surface area contributed by atoms with E-state index in [1.54, 1.807) is 0 Å². The molecule has 0 aliphatic heterocycles. The summed E-state index contributed by atoms with van der Waals surface area (Å²) in [7, 11) is 0. The van der Waals surface area contributed by atoms with E-state index in [1.165, 1.54) is 0 Å². The van der Waals surface area contributed by atoms with E-state index in [1.807, 2.05) is 29.2 Å². The summed E-state index contributed by atoms with van der Waals surface area (Å²) >= 11 is 3.37. The minimum absolute atomic E-state index is 0.0776. The van der Waals surface area contributed by atoms with Crippen LogP contribution in [0.5, 0.6) is 0 Å². The van der Waals surface area contributed by atoms with Crippen molar-refractivity contribution < 1.29 is 9.90 Å². The van der Waals surface area contributed by atoms with Gasteiger partial charge in [-0.2, -0.15) is 0 Å². The Bertz CT molecular complexity index is 412. The average molecular weight is 282 g/mol. The van der Waals surface area contributed by atoms with Gasteiger partial charge in [-0.05, 0) is 18.2 Å². The van der Waals surface area contributed by atoms with Crippen molar-refractivity contribution in [3.05, 3.63) is 28.7 Å². The van der Waals surface area contributed by atoms with Crippen LogP contribution in [-0.2, 0) is 4.79 Å². The summed E-state index contributed by atoms with van der Waals surface area (Å²) in [5, 5.41) is 8.64. The fourth-order valence-corrected chi connectivity index (χ4v) is 1.70. The summed E-state index contributed by atoms with van der Waals surface area (Å²) in [5.41, 5.74) is 0.925. The molecule has 0 atom stereocenters. The number of terminal acetylenes is 1. The van der Waals surface area contributed by atoms with Crippen molar-refractivity contribution in [2.24, 2.45) is 0 Å². The van der Waals surface area contributed by atoms with Gasteiger partial charge in [-0.25, -0.2) is 0 Å². The van der Waals surface area contributed by atoms with Gasteiger partial charge in [0.2, 0.25) is 0 Å². The monoisotopic (exact) mass is 281 g/mol. The summed E-state index contributed by atoms with van der Waals surface area (Å²) in [6, 6.07) is 7.63. The molecule has 1 aromatic rings. The number of hydrogen-bond acceptors (Lipinski definition) is 2. The molecule has 1 aromatic carbocycles. The smallest absolute Gasteiger partial charge is 0.305 e. The highest BCUT2D eigenvalue weighted by Crippen LogP contribution is 2.19. The molecule has 1 N–H and O–H groups in total. The molecule has 1 rings (SSSR count). The quantitative estimate of drug-likeness (QED) is 0.843. The lowest BCUT2D eigenvalue weighted by Crippen LogP contribution is -2.26. The molecular weight excluding hydrogens is 270 g/mol. The molecule has 0 aliphatic rings. The Morgan fingerprint density at radius 3 is 2.88 bits per heavy atom. The van der Waals surface area contributed by atoms with Gasteiger partial charge in [0.1, 0.15) is 0 Å². The predicted molar refractivity (Wildman–Crippen MR) is 67.4 cm³/mol. The topological polar surface area (TPSA) is 40.5 Å². The largest absolute Gasteiger partial charge is 0.481 e. The van der Waals surface area contributed by atoms with Crippen molar-refractivity contribution in [3.8, 4) is 12.3 Å². The van der Waals surface area contributed by atoms with E-state index >= 15 is 0 Å². The molecule has 0 saturated heterocycles. The van der Waals surface area contributed by atoms with Crippen molar-refractivity contribution >= 4 is 27.6 Å². The number of carbonyl (C=O) groups is 1. The molecule has 0 amide bonds. The Morgan fingerprint density at radius 1 is 1.56 bits per heavy atom. The number of benzene rings is 1. The van der Waals surface area contributed by atoms with Crippen LogP contribution in [0.1, 0.15) is 6.42 Å². The lowest BCUT2D eigenvalue weighted by molar-refractivity contribution is -0.136. The molecule has 0 aliphatic carbocycles. The molecule has 0 unspecified atom stereocenters. The number of hydrogen-bond donors (Lipinski definition) is 1. The van der Waals surface area contributed by atoms with E-state index in [2.05, 4.69) is 21.9 Å². The molecule has 84 valence electrons. The third-order valence-electron chi connectivity index (χ3n) is 2.05. The van der Waals surface area contributed by atoms with E-state index in [0.29, 0.717) is 13.1 Å². The molecule has 0 spiro atoms. The van der Waals surface area contributed by atoms with Crippen LogP contribution >= 0.6 is 15.9 Å². The van der Waals surface area contributed by atoms with Crippen LogP contribution in [-0.4, -0.2) is 24.2 Å². The number of carboxylic acid groups (broad SMARTS) is 1. The standard InChI is InChI=1S/C12H12BrNO2/c1-2-7-14(8-6-12(15)16)11-5-3-4-10(13)9-11/h1,3-5,9H,6-8H2,(H,15,16). The number of halogens is 1. The number of carboxylic acids is 1. The van der Waals surface area contributed by atoms with Crippen LogP contribution in [0.15, 0.2) is 28.7 Å². The first-order valence-electron chi connectivity index (χ1n) is 4.79. The molecule has 4 heteroatoms. The third-order valence-corrected chi connectivity index (χ3v) is 2.54. The first-order valence-corrected chi connectivity index (χ1v) is 5.58. The summed E-state index contributed by atoms with van der Waals surface area (Å²) < 4.78 is 0.947. The van der Waals surface area contributed by atoms with Crippen LogP contribution in [0, 0.1) is 12.3 Å². The van der Waals surface area contributed by atoms with Gasteiger partial charge in [0, 0.05) is 16.7 Å². The maximum absolute atomic E-state index is 10.5. The number of rotatable bonds is 5. The van der Waals surface area contributed by atoms with Crippen molar-refractivity contribution in [2.45, 2.75) is 6.42 Å². The minimum Gasteiger partial charge on any atom is -0.481 e. The van der Waals surface area contributed by atoms with Crippen molar-refractivity contribution in [3.63, 3.8) is 0 Å². The fourth-order valence-electron chi connectivity index (χ4n) is 1.31. The zero-order valence-electron chi connectivity index (χ0n) is 8.69. The molecule has 0 bridgehead atoms. The van der Waals surface area contributed by atoms with Crippen molar-refractivity contribution in [1.82, 2.24) is 0 Å². The second-order valence-electron chi connectivity index (χ2n) is 3.25. The molecule has 16 heavy (non-hydrogen) atoms. The van der Waals surface area contributed by atoms with Crippen LogP contribution in [0.2, 0.25) is 0 Å². The Hall–Kier alpha value is -1.47. The lowest BCUT2D eigenvalue weighted by atomic mass is 10.2. The predicted octanol–water partition coefficient (Wildman–Crippen LogP) is 2.36. The molecule has 3 nitrogen and oxygen atoms in total. The first-order chi connectivity index (χ1) is 7.63. The van der Waals surface area contributed by atoms with Crippen LogP contribution < -0.4 is 4.90 Å². The minimum atomic E-state index is -0.822. The zero-order chi connectivity index (χ0) is 12.0. The summed E-state index contributed by atoms with van der Waals surface area (Å²) in [6.45, 7) is 0.819. The first kappa shape index (κ1) is 12.6. The summed E-state index contributed by atoms with van der Waals surface area (Å²) in [4.78, 5) is 12.4. The highest BCUT2D eigenvalue weighted by atomic mass is 79.9. The van der Waals surface area contributed by atoms with Crippen LogP contribution in [0.4, 0.5) is 5.69 Å². The average Bonchev–Trinajstić information content (AvgIpc) is 2.24. The second-order valence-corrected chi connectivity index (χ2v) is 4.16. The second kappa shape index (κ2) is 6.19. The van der Waals surface area contributed by atoms with Gasteiger partial charge >= 0.3 is 5.97 Å². The Kier molecular flexibility index (Phi) is 4.87. The van der Waals surface area contributed by atoms with Crippen LogP contribution in [0.25, 0.3) is 0 Å². The zero-order valence-corrected chi connectivity index (χ0v) is 10.3. The lowest BCUT2D eigenvalue weighted by Gasteiger charge is -2.21. The molecule has 0 aromatic heterocycles. The van der Waals surface area contributed by atoms with E-state index < -0.39 is 5.97 Å². The van der Waals surface area contributed by atoms with E-state index in [-0.39, 0.29) is 6.42 Å². The van der Waals surface area contributed by atoms with Gasteiger partial charge in [-0.15, -0.1) is 6.42 Å². The number of aliphatic carboxylic acids is 1. The number of nitrogens with zero attached hydrogens (tertiary/aromatic N) is 1. The normalized spacial score (nSPS) is 9.50. The van der Waals surface area contributed by atoms with E-state index in [0.717, 1.165) is 10.2 Å². The van der Waals surface area contributed by atoms with Gasteiger partial charge in [0.25, 0.3) is 0 Å². The highest BCUT2D eigenvalue weighted by molar-refractivity contribution is 9.10. The molecular formula is C12H12BrNO2. The van der Waals surface area contributed by atoms with E-state index in [4.69, 9.17) is 11.5 Å². The van der Waals surface area contributed by atoms with Gasteiger partial charge in [0.05, 0.1) is 13.0 Å². The maximum atomic E-state index is 10.5. The molecule has 0 heterocycles. The van der Waals surface area contributed by atoms with Crippen molar-refractivity contribution in [1.29, 1.82) is 0 Å². The summed E-state index contributed by atoms with van der Waals surface area (Å²) in [6.07, 6.45) is 5.34. The van der Waals surface area contributed by atoms with E-state index in [9.17, 15) is 4.79 Å². The van der Waals surface area contributed by atoms with Gasteiger partial charge < -0.3 is 10.0 Å². The summed E-state index contributed by atoms with van der Waals surface area (Å²) in [5.74, 6) is 1.70. The Morgan fingerprint density at radius 2 is 2.31 bits per heavy atom. The van der Waals surface area contributed by atoms with Crippen molar-refractivity contribution in [2.75, 3.05) is 18.0 Å². The molecule has 0 radical (unpaired) electrons. The van der Waals surface area contributed by atoms with Crippen LogP contribution in [0.3, 0.4) is 0 Å². The molecule has 0 saturated carbocycles. The highest BCUT2D eigenvalue weighted by Gasteiger charge is 2.07. The maximum Gasteiger partial charge on any atom is 0.305 e.